The van der Waals surface area contributed by atoms with Gasteiger partial charge in [-0.25, -0.2) is 0 Å². The van der Waals surface area contributed by atoms with Gasteiger partial charge in [0.2, 0.25) is 7.51 Å². The topological polar surface area (TPSA) is 125 Å². The van der Waals surface area contributed by atoms with Crippen LogP contribution in [0.3, 0.4) is 0 Å². The fourth-order valence-electron chi connectivity index (χ4n) is 2.27. The van der Waals surface area contributed by atoms with Gasteiger partial charge in [0.05, 0.1) is 31.3 Å². The van der Waals surface area contributed by atoms with Crippen molar-refractivity contribution in [3.05, 3.63) is 0 Å². The van der Waals surface area contributed by atoms with Crippen LogP contribution in [-0.2, 0) is 18.1 Å². The van der Waals surface area contributed by atoms with Crippen LogP contribution in [0.25, 0.3) is 0 Å². The summed E-state index contributed by atoms with van der Waals surface area (Å²) in [6, 6.07) is 0. The smallest absolute Gasteiger partial charge is 0.268 e. The first-order chi connectivity index (χ1) is 13.4. The molecule has 9 nitrogen and oxygen atoms in total. The van der Waals surface area contributed by atoms with Crippen molar-refractivity contribution >= 4 is 23.5 Å². The number of nitrogens with two attached hydrogens (primary N) is 2. The predicted octanol–water partition coefficient (Wildman–Crippen LogP) is 5.66. The average Bonchev–Trinajstić information content (AvgIpc) is 2.61. The van der Waals surface area contributed by atoms with Crippen LogP contribution in [0.1, 0.15) is 79.1 Å². The van der Waals surface area contributed by atoms with Gasteiger partial charge >= 0.3 is 16.0 Å². The molecule has 168 valence electrons. The zero-order chi connectivity index (χ0) is 20.9. The van der Waals surface area contributed by atoms with Gasteiger partial charge in [0.25, 0.3) is 0 Å². The van der Waals surface area contributed by atoms with E-state index < -0.39 is 23.5 Å². The Morgan fingerprint density at radius 2 is 1.11 bits per heavy atom. The summed E-state index contributed by atoms with van der Waals surface area (Å²) in [6.45, 7) is 10.6. The van der Waals surface area contributed by atoms with E-state index in [0.717, 1.165) is 51.4 Å². The summed E-state index contributed by atoms with van der Waals surface area (Å²) in [6.07, 6.45) is 7.71. The molecule has 1 aliphatic heterocycles. The molecule has 0 unspecified atom stereocenters. The maximum Gasteiger partial charge on any atom is 0.523 e. The fourth-order valence-corrected chi connectivity index (χ4v) is 11.9. The Labute approximate surface area is 172 Å². The number of nitrogens with one attached hydrogen (secondary N) is 2. The van der Waals surface area contributed by atoms with Gasteiger partial charge in [-0.3, -0.25) is 11.0 Å². The molecule has 1 aliphatic rings. The summed E-state index contributed by atoms with van der Waals surface area (Å²) < 4.78 is 29.4. The highest BCUT2D eigenvalue weighted by Crippen LogP contribution is 2.78. The van der Waals surface area contributed by atoms with E-state index >= 15 is 0 Å². The average molecular weight is 461 g/mol. The molecule has 1 rings (SSSR count). The van der Waals surface area contributed by atoms with Gasteiger partial charge in [-0.1, -0.05) is 58.2 Å². The van der Waals surface area contributed by atoms with E-state index in [-0.39, 0.29) is 0 Å². The van der Waals surface area contributed by atoms with Gasteiger partial charge < -0.3 is 0 Å². The highest BCUT2D eigenvalue weighted by atomic mass is 31.3. The number of hydrogen-bond acceptors (Lipinski definition) is 9. The molecule has 0 fully saturated rings. The maximum atomic E-state index is 6.35. The van der Waals surface area contributed by atoms with Gasteiger partial charge in [-0.15, -0.1) is 0 Å². The molecule has 0 radical (unpaired) electrons. The molecule has 0 saturated heterocycles. The Balaban J connectivity index is 3.12. The van der Waals surface area contributed by atoms with Gasteiger partial charge in [0, 0.05) is 0 Å². The molecule has 0 aromatic rings. The minimum Gasteiger partial charge on any atom is -0.268 e. The highest BCUT2D eigenvalue weighted by Gasteiger charge is 2.67. The standard InChI is InChI=1S/C16H42N5O4P3/c1-5-9-13-22-27(23-14-10-6-2)19-26(17,18)20-28(21-27,24-15-11-7-3)25-16-12-8-4/h19,21H,5-18H2,1-4H3/q+2. The van der Waals surface area contributed by atoms with Crippen molar-refractivity contribution < 1.29 is 18.1 Å². The van der Waals surface area contributed by atoms with Crippen LogP contribution in [0.5, 0.6) is 0 Å². The summed E-state index contributed by atoms with van der Waals surface area (Å²) in [5, 5.41) is 0. The lowest BCUT2D eigenvalue weighted by Gasteiger charge is -2.32. The first kappa shape index (κ1) is 26.8. The van der Waals surface area contributed by atoms with E-state index in [4.69, 9.17) is 29.1 Å². The van der Waals surface area contributed by atoms with E-state index in [1.807, 2.05) is 0 Å². The van der Waals surface area contributed by atoms with Crippen LogP contribution in [0, 0.1) is 0 Å². The fraction of sp³-hybridized carbons (Fsp3) is 1.00. The molecule has 0 aliphatic carbocycles. The van der Waals surface area contributed by atoms with Gasteiger partial charge in [0.15, 0.2) is 0 Å². The molecular formula is C16H42N5O4P3+2. The molecule has 12 heteroatoms. The summed E-state index contributed by atoms with van der Waals surface area (Å²) in [7, 11) is -8.53. The van der Waals surface area contributed by atoms with Gasteiger partial charge in [-0.05, 0) is 30.2 Å². The zero-order valence-electron chi connectivity index (χ0n) is 18.1. The predicted molar refractivity (Wildman–Crippen MR) is 121 cm³/mol. The summed E-state index contributed by atoms with van der Waals surface area (Å²) in [5.41, 5.74) is 12.7. The third kappa shape index (κ3) is 9.72. The lowest BCUT2D eigenvalue weighted by Crippen LogP contribution is -2.39. The van der Waals surface area contributed by atoms with E-state index in [9.17, 15) is 0 Å². The third-order valence-corrected chi connectivity index (χ3v) is 12.6. The van der Waals surface area contributed by atoms with Crippen LogP contribution < -0.4 is 20.7 Å². The van der Waals surface area contributed by atoms with Crippen molar-refractivity contribution in [3.8, 4) is 0 Å². The molecule has 0 atom stereocenters. The number of rotatable bonds is 16. The molecule has 0 saturated carbocycles. The second-order valence-electron chi connectivity index (χ2n) is 6.85. The Bertz CT molecular complexity index is 461. The molecule has 0 bridgehead atoms. The van der Waals surface area contributed by atoms with Crippen molar-refractivity contribution in [2.75, 3.05) is 26.4 Å². The maximum absolute atomic E-state index is 6.35. The minimum absolute atomic E-state index is 0.525. The van der Waals surface area contributed by atoms with Crippen molar-refractivity contribution in [2.45, 2.75) is 79.1 Å². The highest BCUT2D eigenvalue weighted by molar-refractivity contribution is 7.89. The second kappa shape index (κ2) is 14.0. The molecule has 6 N–H and O–H groups in total. The third-order valence-electron chi connectivity index (χ3n) is 3.89. The molecular weight excluding hydrogens is 419 g/mol. The Hall–Kier alpha value is 0.770. The van der Waals surface area contributed by atoms with E-state index in [1.54, 1.807) is 0 Å². The molecule has 0 amide bonds. The Kier molecular flexibility index (Phi) is 13.4. The van der Waals surface area contributed by atoms with Crippen LogP contribution in [0.4, 0.5) is 0 Å². The zero-order valence-corrected chi connectivity index (χ0v) is 20.7. The summed E-state index contributed by atoms with van der Waals surface area (Å²) >= 11 is 0. The molecule has 28 heavy (non-hydrogen) atoms. The summed E-state index contributed by atoms with van der Waals surface area (Å²) in [5.74, 6) is 0. The quantitative estimate of drug-likeness (QED) is 0.171. The SMILES string of the molecule is CCCCO[P+]1(OCCCC)N=P(N)(N)N[P+](OCCCC)(OCCCC)N1. The van der Waals surface area contributed by atoms with E-state index in [0.29, 0.717) is 26.4 Å². The van der Waals surface area contributed by atoms with Crippen LogP contribution >= 0.6 is 23.5 Å². The van der Waals surface area contributed by atoms with Crippen molar-refractivity contribution in [1.29, 1.82) is 0 Å². The number of hydrogen-bond donors (Lipinski definition) is 4. The number of nitrogens with zero attached hydrogens (tertiary/aromatic N) is 1. The summed E-state index contributed by atoms with van der Waals surface area (Å²) in [4.78, 5) is 6.58. The van der Waals surface area contributed by atoms with E-state index in [1.165, 1.54) is 0 Å². The van der Waals surface area contributed by atoms with Crippen molar-refractivity contribution in [3.63, 3.8) is 0 Å². The van der Waals surface area contributed by atoms with Crippen molar-refractivity contribution in [2.24, 2.45) is 15.5 Å². The second-order valence-corrected chi connectivity index (χ2v) is 13.8. The molecule has 0 aromatic carbocycles. The van der Waals surface area contributed by atoms with E-state index in [2.05, 4.69) is 41.9 Å². The van der Waals surface area contributed by atoms with Crippen LogP contribution in [-0.4, -0.2) is 26.4 Å². The monoisotopic (exact) mass is 461 g/mol. The van der Waals surface area contributed by atoms with Gasteiger partial charge in [0.1, 0.15) is 0 Å². The molecule has 1 heterocycles. The minimum atomic E-state index is -2.88. The van der Waals surface area contributed by atoms with Crippen LogP contribution in [0.2, 0.25) is 0 Å². The van der Waals surface area contributed by atoms with Gasteiger partial charge in [-0.2, -0.15) is 18.1 Å². The largest absolute Gasteiger partial charge is 0.523 e. The lowest BCUT2D eigenvalue weighted by molar-refractivity contribution is 0.198. The first-order valence-electron chi connectivity index (χ1n) is 10.5. The Morgan fingerprint density at radius 1 is 0.714 bits per heavy atom. The lowest BCUT2D eigenvalue weighted by atomic mass is 10.4. The number of unbranched alkanes of at least 4 members (excludes halogenated alkanes) is 4. The van der Waals surface area contributed by atoms with Crippen molar-refractivity contribution in [1.82, 2.24) is 9.72 Å². The molecule has 0 spiro atoms. The van der Waals surface area contributed by atoms with Crippen LogP contribution in [0.15, 0.2) is 4.52 Å². The molecule has 0 aromatic heterocycles. The first-order valence-corrected chi connectivity index (χ1v) is 15.6. The normalized spacial score (nSPS) is 20.1. The Morgan fingerprint density at radius 3 is 1.50 bits per heavy atom.